The van der Waals surface area contributed by atoms with Crippen molar-refractivity contribution < 1.29 is 9.53 Å². The molecule has 0 fully saturated rings. The first-order valence-electron chi connectivity index (χ1n) is 9.09. The maximum absolute atomic E-state index is 13.2. The number of aromatic nitrogens is 1. The standard InChI is InChI=1S/C23H19N3O2/c1-2-28-20-10-8-19(9-11-20)26-22(18-6-4-3-5-7-18)25-21(23(26)27)16-17-12-14-24-15-13-17/h3-16H,2H2,1H3/b21-16+. The van der Waals surface area contributed by atoms with Crippen LogP contribution in [0.2, 0.25) is 0 Å². The molecule has 0 aliphatic carbocycles. The summed E-state index contributed by atoms with van der Waals surface area (Å²) in [4.78, 5) is 23.5. The smallest absolute Gasteiger partial charge is 0.282 e. The van der Waals surface area contributed by atoms with Gasteiger partial charge < -0.3 is 4.74 Å². The zero-order chi connectivity index (χ0) is 19.3. The average Bonchev–Trinajstić information content (AvgIpc) is 3.06. The fraction of sp³-hybridized carbons (Fsp3) is 0.0870. The van der Waals surface area contributed by atoms with Crippen LogP contribution >= 0.6 is 0 Å². The number of amidine groups is 1. The van der Waals surface area contributed by atoms with Gasteiger partial charge in [0.05, 0.1) is 12.3 Å². The lowest BCUT2D eigenvalue weighted by Crippen LogP contribution is -2.32. The Morgan fingerprint density at radius 3 is 2.36 bits per heavy atom. The second-order valence-corrected chi connectivity index (χ2v) is 6.18. The van der Waals surface area contributed by atoms with E-state index in [0.29, 0.717) is 18.1 Å². The van der Waals surface area contributed by atoms with Crippen LogP contribution in [0.5, 0.6) is 5.75 Å². The third-order valence-corrected chi connectivity index (χ3v) is 4.31. The maximum atomic E-state index is 13.2. The van der Waals surface area contributed by atoms with Gasteiger partial charge in [-0.1, -0.05) is 30.3 Å². The van der Waals surface area contributed by atoms with Crippen molar-refractivity contribution in [3.63, 3.8) is 0 Å². The molecular weight excluding hydrogens is 350 g/mol. The summed E-state index contributed by atoms with van der Waals surface area (Å²) in [5.74, 6) is 1.21. The van der Waals surface area contributed by atoms with E-state index in [9.17, 15) is 4.79 Å². The molecule has 2 heterocycles. The first-order chi connectivity index (χ1) is 13.8. The van der Waals surface area contributed by atoms with E-state index in [4.69, 9.17) is 4.74 Å². The average molecular weight is 369 g/mol. The van der Waals surface area contributed by atoms with E-state index in [0.717, 1.165) is 22.6 Å². The van der Waals surface area contributed by atoms with Crippen LogP contribution in [0.3, 0.4) is 0 Å². The fourth-order valence-corrected chi connectivity index (χ4v) is 3.01. The van der Waals surface area contributed by atoms with Gasteiger partial charge in [-0.05, 0) is 55.0 Å². The predicted octanol–water partition coefficient (Wildman–Crippen LogP) is 4.31. The summed E-state index contributed by atoms with van der Waals surface area (Å²) >= 11 is 0. The number of ether oxygens (including phenoxy) is 1. The lowest BCUT2D eigenvalue weighted by atomic mass is 10.1. The number of hydrogen-bond donors (Lipinski definition) is 0. The van der Waals surface area contributed by atoms with E-state index >= 15 is 0 Å². The lowest BCUT2D eigenvalue weighted by molar-refractivity contribution is -0.113. The molecule has 1 aromatic heterocycles. The van der Waals surface area contributed by atoms with Crippen molar-refractivity contribution in [2.75, 3.05) is 11.5 Å². The zero-order valence-electron chi connectivity index (χ0n) is 15.4. The molecule has 5 nitrogen and oxygen atoms in total. The minimum absolute atomic E-state index is 0.167. The summed E-state index contributed by atoms with van der Waals surface area (Å²) < 4.78 is 5.51. The largest absolute Gasteiger partial charge is 0.494 e. The van der Waals surface area contributed by atoms with E-state index in [1.807, 2.05) is 73.7 Å². The van der Waals surface area contributed by atoms with Crippen LogP contribution in [0.1, 0.15) is 18.1 Å². The zero-order valence-corrected chi connectivity index (χ0v) is 15.4. The Labute approximate surface area is 163 Å². The van der Waals surface area contributed by atoms with Gasteiger partial charge in [0.15, 0.2) is 0 Å². The number of aliphatic imine (C=N–C) groups is 1. The molecule has 1 aliphatic heterocycles. The van der Waals surface area contributed by atoms with Crippen LogP contribution in [-0.2, 0) is 4.79 Å². The van der Waals surface area contributed by atoms with E-state index in [1.165, 1.54) is 0 Å². The quantitative estimate of drug-likeness (QED) is 0.630. The Morgan fingerprint density at radius 1 is 0.964 bits per heavy atom. The molecule has 0 spiro atoms. The van der Waals surface area contributed by atoms with Gasteiger partial charge in [0.2, 0.25) is 0 Å². The molecule has 0 bridgehead atoms. The molecule has 1 amide bonds. The van der Waals surface area contributed by atoms with Crippen molar-refractivity contribution in [2.24, 2.45) is 4.99 Å². The van der Waals surface area contributed by atoms with Crippen LogP contribution in [0.25, 0.3) is 6.08 Å². The second-order valence-electron chi connectivity index (χ2n) is 6.18. The molecule has 1 aliphatic rings. The van der Waals surface area contributed by atoms with Gasteiger partial charge in [-0.15, -0.1) is 0 Å². The first kappa shape index (κ1) is 17.7. The molecule has 28 heavy (non-hydrogen) atoms. The van der Waals surface area contributed by atoms with Crippen LogP contribution in [0, 0.1) is 0 Å². The Kier molecular flexibility index (Phi) is 4.97. The number of rotatable bonds is 5. The van der Waals surface area contributed by atoms with Crippen LogP contribution in [0.4, 0.5) is 5.69 Å². The number of anilines is 1. The maximum Gasteiger partial charge on any atom is 0.282 e. The van der Waals surface area contributed by atoms with Gasteiger partial charge in [0, 0.05) is 18.0 Å². The van der Waals surface area contributed by atoms with Gasteiger partial charge >= 0.3 is 0 Å². The molecule has 0 atom stereocenters. The van der Waals surface area contributed by atoms with Crippen molar-refractivity contribution >= 4 is 23.5 Å². The molecule has 4 rings (SSSR count). The molecular formula is C23H19N3O2. The highest BCUT2D eigenvalue weighted by molar-refractivity contribution is 6.33. The molecule has 5 heteroatoms. The molecule has 2 aromatic carbocycles. The highest BCUT2D eigenvalue weighted by Gasteiger charge is 2.32. The van der Waals surface area contributed by atoms with Gasteiger partial charge in [-0.3, -0.25) is 14.7 Å². The molecule has 138 valence electrons. The Morgan fingerprint density at radius 2 is 1.68 bits per heavy atom. The number of amides is 1. The number of nitrogens with zero attached hydrogens (tertiary/aromatic N) is 3. The highest BCUT2D eigenvalue weighted by Crippen LogP contribution is 2.29. The number of hydrogen-bond acceptors (Lipinski definition) is 4. The molecule has 0 N–H and O–H groups in total. The number of benzene rings is 2. The summed E-state index contributed by atoms with van der Waals surface area (Å²) in [6.07, 6.45) is 5.16. The van der Waals surface area contributed by atoms with Gasteiger partial charge in [0.1, 0.15) is 17.3 Å². The van der Waals surface area contributed by atoms with Crippen molar-refractivity contribution in [3.8, 4) is 5.75 Å². The molecule has 0 unspecified atom stereocenters. The number of pyridine rings is 1. The van der Waals surface area contributed by atoms with E-state index in [2.05, 4.69) is 9.98 Å². The molecule has 0 radical (unpaired) electrons. The second kappa shape index (κ2) is 7.88. The SMILES string of the molecule is CCOc1ccc(N2C(=O)/C(=C\c3ccncc3)N=C2c2ccccc2)cc1. The minimum atomic E-state index is -0.167. The summed E-state index contributed by atoms with van der Waals surface area (Å²) in [5, 5.41) is 0. The third kappa shape index (κ3) is 3.55. The number of carbonyl (C=O) groups excluding carboxylic acids is 1. The van der Waals surface area contributed by atoms with Crippen LogP contribution in [-0.4, -0.2) is 23.3 Å². The van der Waals surface area contributed by atoms with E-state index < -0.39 is 0 Å². The molecule has 3 aromatic rings. The van der Waals surface area contributed by atoms with E-state index in [-0.39, 0.29) is 5.91 Å². The Balaban J connectivity index is 1.76. The minimum Gasteiger partial charge on any atom is -0.494 e. The monoisotopic (exact) mass is 369 g/mol. The summed E-state index contributed by atoms with van der Waals surface area (Å²) in [6, 6.07) is 20.9. The van der Waals surface area contributed by atoms with Gasteiger partial charge in [-0.25, -0.2) is 4.99 Å². The van der Waals surface area contributed by atoms with Gasteiger partial charge in [0.25, 0.3) is 5.91 Å². The topological polar surface area (TPSA) is 54.8 Å². The highest BCUT2D eigenvalue weighted by atomic mass is 16.5. The van der Waals surface area contributed by atoms with E-state index in [1.54, 1.807) is 23.4 Å². The summed E-state index contributed by atoms with van der Waals surface area (Å²) in [6.45, 7) is 2.53. The molecule has 0 saturated carbocycles. The van der Waals surface area contributed by atoms with Crippen molar-refractivity contribution in [1.29, 1.82) is 0 Å². The normalized spacial score (nSPS) is 15.0. The van der Waals surface area contributed by atoms with Crippen LogP contribution in [0.15, 0.2) is 89.8 Å². The summed E-state index contributed by atoms with van der Waals surface area (Å²) in [7, 11) is 0. The van der Waals surface area contributed by atoms with Crippen molar-refractivity contribution in [2.45, 2.75) is 6.92 Å². The first-order valence-corrected chi connectivity index (χ1v) is 9.09. The number of carbonyl (C=O) groups is 1. The Hall–Kier alpha value is -3.73. The lowest BCUT2D eigenvalue weighted by Gasteiger charge is -2.19. The molecule has 0 saturated heterocycles. The third-order valence-electron chi connectivity index (χ3n) is 4.31. The predicted molar refractivity (Wildman–Crippen MR) is 110 cm³/mol. The Bertz CT molecular complexity index is 1030. The van der Waals surface area contributed by atoms with Crippen molar-refractivity contribution in [1.82, 2.24) is 4.98 Å². The van der Waals surface area contributed by atoms with Gasteiger partial charge in [-0.2, -0.15) is 0 Å². The van der Waals surface area contributed by atoms with Crippen molar-refractivity contribution in [3.05, 3.63) is 95.9 Å². The summed E-state index contributed by atoms with van der Waals surface area (Å²) in [5.41, 5.74) is 2.89. The van der Waals surface area contributed by atoms with Crippen LogP contribution < -0.4 is 9.64 Å². The fourth-order valence-electron chi connectivity index (χ4n) is 3.01.